The molecule has 0 aliphatic carbocycles. The van der Waals surface area contributed by atoms with Gasteiger partial charge in [0.15, 0.2) is 0 Å². The zero-order valence-electron chi connectivity index (χ0n) is 13.8. The van der Waals surface area contributed by atoms with Crippen molar-refractivity contribution in [3.05, 3.63) is 65.2 Å². The largest absolute Gasteiger partial charge is 0.507 e. The third-order valence-corrected chi connectivity index (χ3v) is 3.75. The molecule has 0 spiro atoms. The summed E-state index contributed by atoms with van der Waals surface area (Å²) in [4.78, 5) is 0. The summed E-state index contributed by atoms with van der Waals surface area (Å²) in [5.74, 6) is 1.10. The van der Waals surface area contributed by atoms with Crippen molar-refractivity contribution >= 4 is 6.08 Å². The normalized spacial score (nSPS) is 11.3. The second-order valence-corrected chi connectivity index (χ2v) is 6.62. The molecule has 2 nitrogen and oxygen atoms in total. The van der Waals surface area contributed by atoms with Gasteiger partial charge >= 0.3 is 0 Å². The Labute approximate surface area is 133 Å². The lowest BCUT2D eigenvalue weighted by Gasteiger charge is -2.21. The van der Waals surface area contributed by atoms with Crippen LogP contribution >= 0.6 is 0 Å². The van der Waals surface area contributed by atoms with E-state index in [2.05, 4.69) is 39.5 Å². The van der Waals surface area contributed by atoms with Crippen LogP contribution in [0.1, 0.15) is 43.0 Å². The lowest BCUT2D eigenvalue weighted by molar-refractivity contribution is 0.298. The van der Waals surface area contributed by atoms with Crippen LogP contribution in [0.3, 0.4) is 0 Å². The van der Waals surface area contributed by atoms with Gasteiger partial charge < -0.3 is 9.84 Å². The van der Waals surface area contributed by atoms with Gasteiger partial charge in [0.05, 0.1) is 0 Å². The first-order chi connectivity index (χ1) is 10.3. The van der Waals surface area contributed by atoms with E-state index in [0.29, 0.717) is 12.4 Å². The fraction of sp³-hybridized carbons (Fsp3) is 0.300. The highest BCUT2D eigenvalue weighted by Crippen LogP contribution is 2.29. The molecule has 0 unspecified atom stereocenters. The first-order valence-corrected chi connectivity index (χ1v) is 7.49. The van der Waals surface area contributed by atoms with E-state index in [0.717, 1.165) is 22.4 Å². The maximum atomic E-state index is 10.1. The Bertz CT molecular complexity index is 679. The third-order valence-electron chi connectivity index (χ3n) is 3.75. The van der Waals surface area contributed by atoms with Crippen LogP contribution in [-0.2, 0) is 12.0 Å². The summed E-state index contributed by atoms with van der Waals surface area (Å²) < 4.78 is 5.90. The van der Waals surface area contributed by atoms with E-state index in [9.17, 15) is 5.11 Å². The smallest absolute Gasteiger partial charge is 0.125 e. The maximum Gasteiger partial charge on any atom is 0.125 e. The molecule has 0 radical (unpaired) electrons. The van der Waals surface area contributed by atoms with Crippen LogP contribution in [0, 0.1) is 6.92 Å². The molecule has 0 saturated heterocycles. The number of hydrogen-bond acceptors (Lipinski definition) is 2. The van der Waals surface area contributed by atoms with Crippen molar-refractivity contribution in [3.63, 3.8) is 0 Å². The molecule has 0 fully saturated rings. The average Bonchev–Trinajstić information content (AvgIpc) is 2.47. The number of benzene rings is 2. The topological polar surface area (TPSA) is 29.5 Å². The van der Waals surface area contributed by atoms with Gasteiger partial charge in [0, 0.05) is 5.56 Å². The van der Waals surface area contributed by atoms with Crippen LogP contribution in [0.2, 0.25) is 0 Å². The van der Waals surface area contributed by atoms with Crippen molar-refractivity contribution in [1.29, 1.82) is 0 Å². The molecule has 2 aromatic carbocycles. The number of rotatable bonds is 4. The molecular weight excluding hydrogens is 272 g/mol. The second kappa shape index (κ2) is 6.27. The predicted molar refractivity (Wildman–Crippen MR) is 92.4 cm³/mol. The monoisotopic (exact) mass is 296 g/mol. The van der Waals surface area contributed by atoms with E-state index in [4.69, 9.17) is 4.74 Å². The molecule has 0 aliphatic rings. The molecule has 0 heterocycles. The lowest BCUT2D eigenvalue weighted by Crippen LogP contribution is -2.11. The van der Waals surface area contributed by atoms with Gasteiger partial charge in [-0.1, -0.05) is 57.7 Å². The summed E-state index contributed by atoms with van der Waals surface area (Å²) >= 11 is 0. The molecule has 0 aromatic heterocycles. The van der Waals surface area contributed by atoms with Crippen molar-refractivity contribution in [3.8, 4) is 11.5 Å². The lowest BCUT2D eigenvalue weighted by atomic mass is 9.86. The van der Waals surface area contributed by atoms with Crippen LogP contribution in [0.4, 0.5) is 0 Å². The van der Waals surface area contributed by atoms with Crippen molar-refractivity contribution in [2.75, 3.05) is 0 Å². The molecule has 0 aliphatic heterocycles. The summed E-state index contributed by atoms with van der Waals surface area (Å²) in [5.41, 5.74) is 3.93. The maximum absolute atomic E-state index is 10.1. The van der Waals surface area contributed by atoms with Crippen LogP contribution in [0.15, 0.2) is 43.0 Å². The van der Waals surface area contributed by atoms with Gasteiger partial charge in [0.2, 0.25) is 0 Å². The summed E-state index contributed by atoms with van der Waals surface area (Å²) in [6, 6.07) is 11.8. The first-order valence-electron chi connectivity index (χ1n) is 7.49. The standard InChI is InChI=1S/C20H24O2/c1-6-15-10-17(20(3,4)5)12-18(11-15)22-13-16-9-7-8-14(2)19(16)21/h6-12,21H,1,13H2,2-5H3. The van der Waals surface area contributed by atoms with Crippen LogP contribution in [0.5, 0.6) is 11.5 Å². The SMILES string of the molecule is C=Cc1cc(OCc2cccc(C)c2O)cc(C(C)(C)C)c1. The van der Waals surface area contributed by atoms with E-state index in [1.54, 1.807) is 0 Å². The number of aromatic hydroxyl groups is 1. The van der Waals surface area contributed by atoms with Crippen molar-refractivity contribution in [1.82, 2.24) is 0 Å². The Kier molecular flexibility index (Phi) is 4.60. The highest BCUT2D eigenvalue weighted by Gasteiger charge is 2.15. The van der Waals surface area contributed by atoms with Crippen molar-refractivity contribution in [2.24, 2.45) is 0 Å². The van der Waals surface area contributed by atoms with Gasteiger partial charge in [0.1, 0.15) is 18.1 Å². The van der Waals surface area contributed by atoms with Gasteiger partial charge in [0.25, 0.3) is 0 Å². The molecule has 0 bridgehead atoms. The average molecular weight is 296 g/mol. The molecule has 1 N–H and O–H groups in total. The quantitative estimate of drug-likeness (QED) is 0.838. The third kappa shape index (κ3) is 3.70. The number of phenols is 1. The van der Waals surface area contributed by atoms with Crippen LogP contribution in [-0.4, -0.2) is 5.11 Å². The number of ether oxygens (including phenoxy) is 1. The summed E-state index contributed by atoms with van der Waals surface area (Å²) in [6.07, 6.45) is 1.83. The highest BCUT2D eigenvalue weighted by atomic mass is 16.5. The Morgan fingerprint density at radius 3 is 2.55 bits per heavy atom. The van der Waals surface area contributed by atoms with Gasteiger partial charge in [-0.3, -0.25) is 0 Å². The summed E-state index contributed by atoms with van der Waals surface area (Å²) in [6.45, 7) is 12.6. The molecule has 0 atom stereocenters. The predicted octanol–water partition coefficient (Wildman–Crippen LogP) is 5.22. The molecule has 116 valence electrons. The molecule has 0 saturated carbocycles. The fourth-order valence-corrected chi connectivity index (χ4v) is 2.25. The van der Waals surface area contributed by atoms with E-state index < -0.39 is 0 Å². The Balaban J connectivity index is 2.26. The van der Waals surface area contributed by atoms with Crippen LogP contribution in [0.25, 0.3) is 6.08 Å². The van der Waals surface area contributed by atoms with Crippen molar-refractivity contribution in [2.45, 2.75) is 39.7 Å². The Morgan fingerprint density at radius 1 is 1.18 bits per heavy atom. The van der Waals surface area contributed by atoms with E-state index in [-0.39, 0.29) is 5.41 Å². The highest BCUT2D eigenvalue weighted by molar-refractivity contribution is 5.53. The zero-order valence-corrected chi connectivity index (χ0v) is 13.8. The fourth-order valence-electron chi connectivity index (χ4n) is 2.25. The summed E-state index contributed by atoms with van der Waals surface area (Å²) in [5, 5.41) is 10.1. The Morgan fingerprint density at radius 2 is 1.91 bits per heavy atom. The molecule has 2 rings (SSSR count). The molecular formula is C20H24O2. The van der Waals surface area contributed by atoms with E-state index >= 15 is 0 Å². The number of para-hydroxylation sites is 1. The minimum Gasteiger partial charge on any atom is -0.507 e. The summed E-state index contributed by atoms with van der Waals surface area (Å²) in [7, 11) is 0. The van der Waals surface area contributed by atoms with Gasteiger partial charge in [-0.2, -0.15) is 0 Å². The zero-order chi connectivity index (χ0) is 16.3. The second-order valence-electron chi connectivity index (χ2n) is 6.62. The minimum absolute atomic E-state index is 0.0442. The molecule has 22 heavy (non-hydrogen) atoms. The Hall–Kier alpha value is -2.22. The number of aryl methyl sites for hydroxylation is 1. The number of hydrogen-bond donors (Lipinski definition) is 1. The van der Waals surface area contributed by atoms with Crippen LogP contribution < -0.4 is 4.74 Å². The minimum atomic E-state index is 0.0442. The van der Waals surface area contributed by atoms with Crippen molar-refractivity contribution < 1.29 is 9.84 Å². The van der Waals surface area contributed by atoms with Gasteiger partial charge in [-0.15, -0.1) is 0 Å². The molecule has 2 aromatic rings. The molecule has 0 amide bonds. The first kappa shape index (κ1) is 16.2. The van der Waals surface area contributed by atoms with E-state index in [1.165, 1.54) is 5.56 Å². The molecule has 2 heteroatoms. The van der Waals surface area contributed by atoms with Gasteiger partial charge in [-0.25, -0.2) is 0 Å². The van der Waals surface area contributed by atoms with Gasteiger partial charge in [-0.05, 0) is 41.2 Å². The number of phenolic OH excluding ortho intramolecular Hbond substituents is 1. The van der Waals surface area contributed by atoms with E-state index in [1.807, 2.05) is 37.3 Å².